The van der Waals surface area contributed by atoms with Gasteiger partial charge in [-0.2, -0.15) is 13.2 Å². The first-order valence-electron chi connectivity index (χ1n) is 10.8. The van der Waals surface area contributed by atoms with E-state index in [2.05, 4.69) is 20.9 Å². The quantitative estimate of drug-likeness (QED) is 0.342. The van der Waals surface area contributed by atoms with Crippen molar-refractivity contribution in [2.24, 2.45) is 0 Å². The summed E-state index contributed by atoms with van der Waals surface area (Å²) < 4.78 is 55.3. The van der Waals surface area contributed by atoms with Gasteiger partial charge in [-0.15, -0.1) is 0 Å². The molecule has 9 heteroatoms. The van der Waals surface area contributed by atoms with Gasteiger partial charge in [-0.1, -0.05) is 6.07 Å². The van der Waals surface area contributed by atoms with Gasteiger partial charge in [0.05, 0.1) is 16.8 Å². The summed E-state index contributed by atoms with van der Waals surface area (Å²) in [6, 6.07) is 8.58. The Morgan fingerprint density at radius 1 is 1.09 bits per heavy atom. The molecule has 0 fully saturated rings. The second-order valence-electron chi connectivity index (χ2n) is 8.43. The van der Waals surface area contributed by atoms with E-state index >= 15 is 0 Å². The zero-order chi connectivity index (χ0) is 24.3. The normalized spacial score (nSPS) is 14.9. The second kappa shape index (κ2) is 9.82. The summed E-state index contributed by atoms with van der Waals surface area (Å²) in [6.45, 7) is 9.14. The predicted octanol–water partition coefficient (Wildman–Crippen LogP) is 5.78. The Morgan fingerprint density at radius 2 is 1.79 bits per heavy atom. The molecule has 0 saturated carbocycles. The fourth-order valence-electron chi connectivity index (χ4n) is 3.95. The smallest absolute Gasteiger partial charge is 0.383 e. The fraction of sp³-hybridized carbons (Fsp3) is 0.375. The predicted molar refractivity (Wildman–Crippen MR) is 124 cm³/mol. The average molecular weight is 465 g/mol. The van der Waals surface area contributed by atoms with Crippen LogP contribution in [0.15, 0.2) is 42.6 Å². The summed E-state index contributed by atoms with van der Waals surface area (Å²) >= 11 is 0. The first kappa shape index (κ1) is 24.6. The molecule has 33 heavy (non-hydrogen) atoms. The highest BCUT2D eigenvalue weighted by molar-refractivity contribution is 6.31. The minimum atomic E-state index is -4.58. The molecule has 0 aliphatic carbocycles. The summed E-state index contributed by atoms with van der Waals surface area (Å²) in [5.41, 5.74) is -0.299. The standard InChI is InChI=1S/C24H28F4N4O/c1-14(2)32(15(3)4)11-10-29-20-9-8-16(12-18(20)24(26,27)28)30-13-17-22-19(25)6-5-7-21(22)31-23(17)33/h5-9,12-15,29-30H,10-11H2,1-4H3,(H,31,33). The van der Waals surface area contributed by atoms with E-state index in [4.69, 9.17) is 0 Å². The Balaban J connectivity index is 1.79. The van der Waals surface area contributed by atoms with E-state index in [0.717, 1.165) is 6.07 Å². The van der Waals surface area contributed by atoms with Gasteiger partial charge in [0.2, 0.25) is 0 Å². The highest BCUT2D eigenvalue weighted by Crippen LogP contribution is 2.37. The van der Waals surface area contributed by atoms with Crippen molar-refractivity contribution in [1.29, 1.82) is 0 Å². The van der Waals surface area contributed by atoms with E-state index in [1.165, 1.54) is 30.5 Å². The molecule has 0 atom stereocenters. The van der Waals surface area contributed by atoms with Crippen molar-refractivity contribution >= 4 is 28.5 Å². The number of halogens is 4. The third kappa shape index (κ3) is 5.65. The lowest BCUT2D eigenvalue weighted by Gasteiger charge is -2.30. The van der Waals surface area contributed by atoms with Gasteiger partial charge in [-0.25, -0.2) is 4.39 Å². The number of alkyl halides is 3. The largest absolute Gasteiger partial charge is 0.418 e. The van der Waals surface area contributed by atoms with Crippen molar-refractivity contribution in [2.45, 2.75) is 46.0 Å². The SMILES string of the molecule is CC(C)N(CCNc1ccc(NC=C2C(=O)Nc3cccc(F)c32)cc1C(F)(F)F)C(C)C. The van der Waals surface area contributed by atoms with E-state index in [-0.39, 0.29) is 34.6 Å². The van der Waals surface area contributed by atoms with Crippen LogP contribution in [0.2, 0.25) is 0 Å². The van der Waals surface area contributed by atoms with E-state index in [0.29, 0.717) is 18.8 Å². The van der Waals surface area contributed by atoms with Gasteiger partial charge in [0, 0.05) is 48.3 Å². The fourth-order valence-corrected chi connectivity index (χ4v) is 3.95. The van der Waals surface area contributed by atoms with Gasteiger partial charge in [0.15, 0.2) is 0 Å². The van der Waals surface area contributed by atoms with Crippen LogP contribution < -0.4 is 16.0 Å². The van der Waals surface area contributed by atoms with Gasteiger partial charge in [0.1, 0.15) is 5.82 Å². The number of fused-ring (bicyclic) bond motifs is 1. The molecule has 0 radical (unpaired) electrons. The van der Waals surface area contributed by atoms with Crippen LogP contribution in [0.4, 0.5) is 34.6 Å². The molecule has 0 unspecified atom stereocenters. The maximum atomic E-state index is 14.2. The molecule has 5 nitrogen and oxygen atoms in total. The topological polar surface area (TPSA) is 56.4 Å². The molecule has 1 aliphatic rings. The minimum absolute atomic E-state index is 0.0151. The molecule has 2 aromatic carbocycles. The van der Waals surface area contributed by atoms with Gasteiger partial charge >= 0.3 is 6.18 Å². The number of hydrogen-bond donors (Lipinski definition) is 3. The maximum absolute atomic E-state index is 14.2. The minimum Gasteiger partial charge on any atom is -0.383 e. The van der Waals surface area contributed by atoms with Crippen molar-refractivity contribution in [1.82, 2.24) is 4.90 Å². The Kier molecular flexibility index (Phi) is 7.31. The maximum Gasteiger partial charge on any atom is 0.418 e. The highest BCUT2D eigenvalue weighted by Gasteiger charge is 2.34. The number of anilines is 3. The molecule has 2 aromatic rings. The number of benzene rings is 2. The molecule has 1 aliphatic heterocycles. The Morgan fingerprint density at radius 3 is 2.42 bits per heavy atom. The van der Waals surface area contributed by atoms with Gasteiger partial charge in [0.25, 0.3) is 5.91 Å². The van der Waals surface area contributed by atoms with Crippen LogP contribution in [0, 0.1) is 5.82 Å². The lowest BCUT2D eigenvalue weighted by atomic mass is 10.1. The molecule has 0 bridgehead atoms. The number of carbonyl (C=O) groups is 1. The van der Waals surface area contributed by atoms with Crippen LogP contribution in [-0.2, 0) is 11.0 Å². The molecule has 1 amide bonds. The van der Waals surface area contributed by atoms with Crippen molar-refractivity contribution in [3.05, 3.63) is 59.5 Å². The molecular weight excluding hydrogens is 436 g/mol. The first-order valence-corrected chi connectivity index (χ1v) is 10.8. The number of hydrogen-bond acceptors (Lipinski definition) is 4. The van der Waals surface area contributed by atoms with E-state index in [9.17, 15) is 22.4 Å². The van der Waals surface area contributed by atoms with Crippen molar-refractivity contribution < 1.29 is 22.4 Å². The van der Waals surface area contributed by atoms with Gasteiger partial charge in [-0.3, -0.25) is 9.69 Å². The van der Waals surface area contributed by atoms with Gasteiger partial charge < -0.3 is 16.0 Å². The first-order chi connectivity index (χ1) is 15.5. The molecule has 3 N–H and O–H groups in total. The van der Waals surface area contributed by atoms with Crippen LogP contribution in [0.3, 0.4) is 0 Å². The number of nitrogens with zero attached hydrogens (tertiary/aromatic N) is 1. The summed E-state index contributed by atoms with van der Waals surface area (Å²) in [5.74, 6) is -1.12. The van der Waals surface area contributed by atoms with Crippen LogP contribution in [0.5, 0.6) is 0 Å². The van der Waals surface area contributed by atoms with Crippen molar-refractivity contribution in [2.75, 3.05) is 29.0 Å². The summed E-state index contributed by atoms with van der Waals surface area (Å²) in [7, 11) is 0. The van der Waals surface area contributed by atoms with Crippen molar-refractivity contribution in [3.8, 4) is 0 Å². The Bertz CT molecular complexity index is 1040. The number of nitrogens with one attached hydrogen (secondary N) is 3. The zero-order valence-corrected chi connectivity index (χ0v) is 19.0. The summed E-state index contributed by atoms with van der Waals surface area (Å²) in [4.78, 5) is 14.4. The van der Waals surface area contributed by atoms with E-state index in [1.807, 2.05) is 27.7 Å². The van der Waals surface area contributed by atoms with Crippen LogP contribution in [0.1, 0.15) is 38.8 Å². The molecule has 178 valence electrons. The average Bonchev–Trinajstić information content (AvgIpc) is 3.05. The number of rotatable bonds is 8. The summed E-state index contributed by atoms with van der Waals surface area (Å²) in [6.07, 6.45) is -3.36. The third-order valence-corrected chi connectivity index (χ3v) is 5.50. The molecule has 1 heterocycles. The molecular formula is C24H28F4N4O. The Hall–Kier alpha value is -3.07. The molecule has 0 saturated heterocycles. The summed E-state index contributed by atoms with van der Waals surface area (Å²) in [5, 5.41) is 8.13. The monoisotopic (exact) mass is 464 g/mol. The lowest BCUT2D eigenvalue weighted by molar-refractivity contribution is -0.136. The molecule has 0 aromatic heterocycles. The second-order valence-corrected chi connectivity index (χ2v) is 8.43. The molecule has 0 spiro atoms. The molecule has 3 rings (SSSR count). The van der Waals surface area contributed by atoms with Crippen LogP contribution >= 0.6 is 0 Å². The highest BCUT2D eigenvalue weighted by atomic mass is 19.4. The third-order valence-electron chi connectivity index (χ3n) is 5.50. The van der Waals surface area contributed by atoms with Crippen LogP contribution in [-0.4, -0.2) is 36.0 Å². The Labute approximate surface area is 190 Å². The van der Waals surface area contributed by atoms with Gasteiger partial charge in [-0.05, 0) is 58.0 Å². The number of carbonyl (C=O) groups excluding carboxylic acids is 1. The van der Waals surface area contributed by atoms with Crippen molar-refractivity contribution in [3.63, 3.8) is 0 Å². The lowest BCUT2D eigenvalue weighted by Crippen LogP contribution is -2.40. The zero-order valence-electron chi connectivity index (χ0n) is 19.0. The van der Waals surface area contributed by atoms with E-state index < -0.39 is 23.5 Å². The van der Waals surface area contributed by atoms with Crippen LogP contribution in [0.25, 0.3) is 5.57 Å². The van der Waals surface area contributed by atoms with E-state index in [1.54, 1.807) is 6.07 Å². The number of amides is 1.